The first-order valence-corrected chi connectivity index (χ1v) is 8.45. The molecule has 1 aromatic heterocycles. The van der Waals surface area contributed by atoms with Crippen molar-refractivity contribution in [1.29, 1.82) is 5.26 Å². The van der Waals surface area contributed by atoms with E-state index in [0.717, 1.165) is 10.7 Å². The summed E-state index contributed by atoms with van der Waals surface area (Å²) in [6.45, 7) is 0. The molecule has 3 rings (SSSR count). The lowest BCUT2D eigenvalue weighted by molar-refractivity contribution is -0.137. The highest BCUT2D eigenvalue weighted by Gasteiger charge is 2.22. The molecule has 0 bridgehead atoms. The van der Waals surface area contributed by atoms with E-state index in [9.17, 15) is 19.1 Å². The van der Waals surface area contributed by atoms with E-state index in [2.05, 4.69) is 10.4 Å². The third-order valence-corrected chi connectivity index (χ3v) is 4.13. The molecule has 0 aliphatic carbocycles. The van der Waals surface area contributed by atoms with E-state index in [1.165, 1.54) is 30.3 Å². The molecule has 3 N–H and O–H groups in total. The summed E-state index contributed by atoms with van der Waals surface area (Å²) < 4.78 is 14.8. The number of para-hydroxylation sites is 1. The van der Waals surface area contributed by atoms with Gasteiger partial charge < -0.3 is 15.5 Å². The van der Waals surface area contributed by atoms with Gasteiger partial charge in [-0.3, -0.25) is 9.59 Å². The Hall–Kier alpha value is -4.19. The Bertz CT molecular complexity index is 1100. The first kappa shape index (κ1) is 19.6. The summed E-state index contributed by atoms with van der Waals surface area (Å²) in [6.07, 6.45) is -0.405. The van der Waals surface area contributed by atoms with Gasteiger partial charge in [0.2, 0.25) is 5.88 Å². The Kier molecular flexibility index (Phi) is 5.55. The number of benzene rings is 2. The lowest BCUT2D eigenvalue weighted by Crippen LogP contribution is -2.30. The van der Waals surface area contributed by atoms with Gasteiger partial charge in [-0.25, -0.2) is 4.39 Å². The highest BCUT2D eigenvalue weighted by Crippen LogP contribution is 2.22. The number of halogens is 1. The molecule has 0 spiro atoms. The standard InChI is InChI=1S/C20H15FN4O4/c21-14-3-1-2-4-17(14)25-18(26)9-16(24-25)20(29)23-15(10-19(27)28)13-7-5-12(11-22)6-8-13/h1-9,15,26H,10H2,(H,23,29)(H,27,28)/t15-/m0/s1. The van der Waals surface area contributed by atoms with Crippen LogP contribution in [0.5, 0.6) is 5.88 Å². The van der Waals surface area contributed by atoms with Gasteiger partial charge >= 0.3 is 5.97 Å². The summed E-state index contributed by atoms with van der Waals surface area (Å²) in [5, 5.41) is 34.5. The molecule has 3 aromatic rings. The molecule has 0 fully saturated rings. The van der Waals surface area contributed by atoms with Crippen LogP contribution in [-0.4, -0.2) is 31.9 Å². The van der Waals surface area contributed by atoms with Gasteiger partial charge in [0, 0.05) is 6.07 Å². The third kappa shape index (κ3) is 4.39. The summed E-state index contributed by atoms with van der Waals surface area (Å²) >= 11 is 0. The summed E-state index contributed by atoms with van der Waals surface area (Å²) in [5.74, 6) is -2.97. The summed E-state index contributed by atoms with van der Waals surface area (Å²) in [7, 11) is 0. The predicted molar refractivity (Wildman–Crippen MR) is 98.8 cm³/mol. The third-order valence-electron chi connectivity index (χ3n) is 4.13. The van der Waals surface area contributed by atoms with Gasteiger partial charge in [0.25, 0.3) is 5.91 Å². The fourth-order valence-corrected chi connectivity index (χ4v) is 2.73. The van der Waals surface area contributed by atoms with Crippen LogP contribution >= 0.6 is 0 Å². The van der Waals surface area contributed by atoms with Gasteiger partial charge in [0.05, 0.1) is 24.1 Å². The van der Waals surface area contributed by atoms with Crippen molar-refractivity contribution in [3.8, 4) is 17.6 Å². The second kappa shape index (κ2) is 8.22. The van der Waals surface area contributed by atoms with Crippen LogP contribution in [0.1, 0.15) is 34.1 Å². The Morgan fingerprint density at radius 3 is 2.52 bits per heavy atom. The number of carboxylic acid groups (broad SMARTS) is 1. The molecule has 1 heterocycles. The zero-order chi connectivity index (χ0) is 21.0. The average molecular weight is 394 g/mol. The molecule has 1 atom stereocenters. The highest BCUT2D eigenvalue weighted by atomic mass is 19.1. The highest BCUT2D eigenvalue weighted by molar-refractivity contribution is 5.93. The van der Waals surface area contributed by atoms with Crippen molar-refractivity contribution in [3.05, 3.63) is 77.2 Å². The van der Waals surface area contributed by atoms with Crippen LogP contribution in [0.3, 0.4) is 0 Å². The van der Waals surface area contributed by atoms with Gasteiger partial charge in [-0.15, -0.1) is 0 Å². The van der Waals surface area contributed by atoms with E-state index in [-0.39, 0.29) is 11.4 Å². The zero-order valence-corrected chi connectivity index (χ0v) is 14.9. The maximum atomic E-state index is 13.9. The predicted octanol–water partition coefficient (Wildman–Crippen LogP) is 2.53. The van der Waals surface area contributed by atoms with Gasteiger partial charge in [-0.05, 0) is 29.8 Å². The van der Waals surface area contributed by atoms with Crippen molar-refractivity contribution < 1.29 is 24.2 Å². The van der Waals surface area contributed by atoms with Crippen molar-refractivity contribution in [3.63, 3.8) is 0 Å². The molecule has 0 saturated carbocycles. The van der Waals surface area contributed by atoms with E-state index in [0.29, 0.717) is 11.1 Å². The number of aliphatic carboxylic acids is 1. The maximum Gasteiger partial charge on any atom is 0.305 e. The molecule has 1 amide bonds. The van der Waals surface area contributed by atoms with Gasteiger partial charge in [-0.2, -0.15) is 15.0 Å². The molecule has 9 heteroatoms. The van der Waals surface area contributed by atoms with Crippen LogP contribution in [0.15, 0.2) is 54.6 Å². The van der Waals surface area contributed by atoms with Crippen LogP contribution in [-0.2, 0) is 4.79 Å². The first-order chi connectivity index (χ1) is 13.9. The van der Waals surface area contributed by atoms with E-state index in [4.69, 9.17) is 10.4 Å². The summed E-state index contributed by atoms with van der Waals surface area (Å²) in [5.41, 5.74) is 0.619. The lowest BCUT2D eigenvalue weighted by atomic mass is 10.0. The largest absolute Gasteiger partial charge is 0.493 e. The molecule has 2 aromatic carbocycles. The van der Waals surface area contributed by atoms with Crippen molar-refractivity contribution in [2.75, 3.05) is 0 Å². The number of hydrogen-bond donors (Lipinski definition) is 3. The fourth-order valence-electron chi connectivity index (χ4n) is 2.73. The quantitative estimate of drug-likeness (QED) is 0.589. The normalized spacial score (nSPS) is 11.4. The van der Waals surface area contributed by atoms with E-state index in [1.807, 2.05) is 6.07 Å². The fraction of sp³-hybridized carbons (Fsp3) is 0.100. The monoisotopic (exact) mass is 394 g/mol. The molecule has 0 radical (unpaired) electrons. The van der Waals surface area contributed by atoms with Gasteiger partial charge in [0.1, 0.15) is 11.5 Å². The Labute approximate surface area is 164 Å². The smallest absolute Gasteiger partial charge is 0.305 e. The van der Waals surface area contributed by atoms with Crippen molar-refractivity contribution in [1.82, 2.24) is 15.1 Å². The number of rotatable bonds is 6. The SMILES string of the molecule is N#Cc1ccc([C@H](CC(=O)O)NC(=O)c2cc(O)n(-c3ccccc3F)n2)cc1. The second-order valence-electron chi connectivity index (χ2n) is 6.11. The second-order valence-corrected chi connectivity index (χ2v) is 6.11. The van der Waals surface area contributed by atoms with Crippen molar-refractivity contribution >= 4 is 11.9 Å². The first-order valence-electron chi connectivity index (χ1n) is 8.45. The Morgan fingerprint density at radius 1 is 1.21 bits per heavy atom. The van der Waals surface area contributed by atoms with Crippen molar-refractivity contribution in [2.24, 2.45) is 0 Å². The molecule has 0 unspecified atom stereocenters. The minimum atomic E-state index is -1.14. The van der Waals surface area contributed by atoms with Crippen LogP contribution in [0, 0.1) is 17.1 Å². The molecule has 29 heavy (non-hydrogen) atoms. The lowest BCUT2D eigenvalue weighted by Gasteiger charge is -2.16. The minimum Gasteiger partial charge on any atom is -0.493 e. The number of carbonyl (C=O) groups excluding carboxylic acids is 1. The van der Waals surface area contributed by atoms with Crippen LogP contribution in [0.25, 0.3) is 5.69 Å². The molecule has 8 nitrogen and oxygen atoms in total. The number of aromatic nitrogens is 2. The Balaban J connectivity index is 1.86. The van der Waals surface area contributed by atoms with Crippen LogP contribution in [0.2, 0.25) is 0 Å². The minimum absolute atomic E-state index is 0.0433. The van der Waals surface area contributed by atoms with E-state index in [1.54, 1.807) is 18.2 Å². The van der Waals surface area contributed by atoms with Gasteiger partial charge in [0.15, 0.2) is 5.69 Å². The molecular weight excluding hydrogens is 379 g/mol. The number of nitrogens with zero attached hydrogens (tertiary/aromatic N) is 3. The number of hydrogen-bond acceptors (Lipinski definition) is 5. The summed E-state index contributed by atoms with van der Waals surface area (Å²) in [6, 6.07) is 13.8. The average Bonchev–Trinajstić information content (AvgIpc) is 3.09. The maximum absolute atomic E-state index is 13.9. The number of amides is 1. The molecule has 146 valence electrons. The van der Waals surface area contributed by atoms with E-state index >= 15 is 0 Å². The zero-order valence-electron chi connectivity index (χ0n) is 14.9. The van der Waals surface area contributed by atoms with Crippen LogP contribution in [0.4, 0.5) is 4.39 Å². The number of nitrogens with one attached hydrogen (secondary N) is 1. The number of carboxylic acids is 1. The summed E-state index contributed by atoms with van der Waals surface area (Å²) in [4.78, 5) is 23.8. The van der Waals surface area contributed by atoms with Crippen molar-refractivity contribution in [2.45, 2.75) is 12.5 Å². The van der Waals surface area contributed by atoms with Gasteiger partial charge in [-0.1, -0.05) is 24.3 Å². The molecule has 0 aliphatic rings. The number of aromatic hydroxyl groups is 1. The molecule has 0 aliphatic heterocycles. The van der Waals surface area contributed by atoms with E-state index < -0.39 is 36.0 Å². The number of nitriles is 1. The molecular formula is C20H15FN4O4. The van der Waals surface area contributed by atoms with Crippen LogP contribution < -0.4 is 5.32 Å². The Morgan fingerprint density at radius 2 is 1.90 bits per heavy atom. The topological polar surface area (TPSA) is 128 Å². The molecule has 0 saturated heterocycles. The number of carbonyl (C=O) groups is 2.